The molecule has 1 aromatic rings. The average Bonchev–Trinajstić information content (AvgIpc) is 3.22. The molecule has 2 fully saturated rings. The maximum absolute atomic E-state index is 13.0. The van der Waals surface area contributed by atoms with Crippen LogP contribution in [0.15, 0.2) is 30.3 Å². The number of likely N-dealkylation sites (N-methyl/N-ethyl adjacent to an activating group) is 1. The van der Waals surface area contributed by atoms with E-state index in [9.17, 15) is 14.7 Å². The maximum Gasteiger partial charge on any atom is 0.271 e. The molecular weight excluding hydrogens is 429 g/mol. The van der Waals surface area contributed by atoms with Gasteiger partial charge in [-0.15, -0.1) is 23.2 Å². The number of amides is 2. The fourth-order valence-corrected chi connectivity index (χ4v) is 4.92. The minimum Gasteiger partial charge on any atom is -0.391 e. The number of nitrogens with one attached hydrogen (secondary N) is 1. The molecule has 3 rings (SSSR count). The number of halogens is 2. The minimum absolute atomic E-state index is 0.170. The molecule has 1 aliphatic heterocycles. The van der Waals surface area contributed by atoms with Gasteiger partial charge < -0.3 is 25.8 Å². The van der Waals surface area contributed by atoms with E-state index in [1.54, 1.807) is 7.05 Å². The van der Waals surface area contributed by atoms with E-state index in [0.717, 1.165) is 18.4 Å². The molecule has 6 atom stereocenters. The van der Waals surface area contributed by atoms with E-state index in [1.807, 2.05) is 30.3 Å². The average molecular weight is 458 g/mol. The SMILES string of the molecule is CN1C(=O)[C@@]1(Cc1ccccc1)NC(=O)C1CC(Cl)C(OCCCCN)C(Cl)C1O. The lowest BCUT2D eigenvalue weighted by atomic mass is 9.83. The molecule has 2 amide bonds. The van der Waals surface area contributed by atoms with Crippen molar-refractivity contribution in [1.82, 2.24) is 10.2 Å². The number of nitrogens with two attached hydrogens (primary N) is 1. The molecule has 9 heteroatoms. The van der Waals surface area contributed by atoms with Crippen molar-refractivity contribution in [3.05, 3.63) is 35.9 Å². The van der Waals surface area contributed by atoms with Gasteiger partial charge in [-0.05, 0) is 31.4 Å². The third kappa shape index (κ3) is 4.75. The van der Waals surface area contributed by atoms with Gasteiger partial charge in [0.25, 0.3) is 5.91 Å². The first-order chi connectivity index (χ1) is 14.3. The zero-order chi connectivity index (χ0) is 21.9. The quantitative estimate of drug-likeness (QED) is 0.294. The molecule has 1 saturated heterocycles. The number of alkyl halides is 2. The molecule has 30 heavy (non-hydrogen) atoms. The number of nitrogens with zero attached hydrogens (tertiary/aromatic N) is 1. The van der Waals surface area contributed by atoms with Gasteiger partial charge in [-0.3, -0.25) is 9.59 Å². The molecule has 0 spiro atoms. The lowest BCUT2D eigenvalue weighted by molar-refractivity contribution is -0.134. The van der Waals surface area contributed by atoms with Crippen LogP contribution < -0.4 is 11.1 Å². The van der Waals surface area contributed by atoms with Crippen molar-refractivity contribution in [3.63, 3.8) is 0 Å². The van der Waals surface area contributed by atoms with E-state index in [1.165, 1.54) is 4.90 Å². The highest BCUT2D eigenvalue weighted by molar-refractivity contribution is 6.25. The Balaban J connectivity index is 1.64. The smallest absolute Gasteiger partial charge is 0.271 e. The first kappa shape index (κ1) is 23.3. The van der Waals surface area contributed by atoms with Gasteiger partial charge in [0.2, 0.25) is 5.91 Å². The number of aliphatic hydroxyl groups excluding tert-OH is 1. The second-order valence-electron chi connectivity index (χ2n) is 8.00. The summed E-state index contributed by atoms with van der Waals surface area (Å²) < 4.78 is 5.76. The second-order valence-corrected chi connectivity index (χ2v) is 9.07. The summed E-state index contributed by atoms with van der Waals surface area (Å²) in [6.45, 7) is 1.02. The number of benzene rings is 1. The number of rotatable bonds is 9. The zero-order valence-corrected chi connectivity index (χ0v) is 18.5. The van der Waals surface area contributed by atoms with Crippen molar-refractivity contribution in [2.24, 2.45) is 11.7 Å². The summed E-state index contributed by atoms with van der Waals surface area (Å²) >= 11 is 12.9. The van der Waals surface area contributed by atoms with Crippen LogP contribution in [0.1, 0.15) is 24.8 Å². The zero-order valence-electron chi connectivity index (χ0n) is 17.0. The molecule has 2 aliphatic rings. The summed E-state index contributed by atoms with van der Waals surface area (Å²) in [7, 11) is 1.64. The molecule has 4 N–H and O–H groups in total. The van der Waals surface area contributed by atoms with Crippen LogP contribution in [0.25, 0.3) is 0 Å². The fraction of sp³-hybridized carbons (Fsp3) is 0.619. The molecule has 7 nitrogen and oxygen atoms in total. The third-order valence-corrected chi connectivity index (χ3v) is 6.88. The number of hydrogen-bond acceptors (Lipinski definition) is 5. The highest BCUT2D eigenvalue weighted by Gasteiger charge is 2.62. The number of ether oxygens (including phenoxy) is 1. The van der Waals surface area contributed by atoms with Gasteiger partial charge in [-0.2, -0.15) is 0 Å². The van der Waals surface area contributed by atoms with Crippen LogP contribution in [-0.2, 0) is 20.7 Å². The van der Waals surface area contributed by atoms with Gasteiger partial charge in [0, 0.05) is 20.1 Å². The number of carbonyl (C=O) groups excluding carboxylic acids is 2. The number of hydrogen-bond donors (Lipinski definition) is 3. The summed E-state index contributed by atoms with van der Waals surface area (Å²) in [5.41, 5.74) is 5.31. The molecule has 0 aromatic heterocycles. The number of carbonyl (C=O) groups is 2. The molecule has 1 heterocycles. The Kier molecular flexibility index (Phi) is 7.63. The van der Waals surface area contributed by atoms with E-state index in [0.29, 0.717) is 19.6 Å². The normalized spacial score (nSPS) is 33.4. The van der Waals surface area contributed by atoms with Crippen LogP contribution >= 0.6 is 23.2 Å². The van der Waals surface area contributed by atoms with Crippen molar-refractivity contribution in [2.75, 3.05) is 20.2 Å². The maximum atomic E-state index is 13.0. The van der Waals surface area contributed by atoms with Crippen LogP contribution in [0.4, 0.5) is 0 Å². The second kappa shape index (κ2) is 9.83. The molecular formula is C21H29Cl2N3O4. The van der Waals surface area contributed by atoms with Crippen LogP contribution in [0, 0.1) is 5.92 Å². The Hall–Kier alpha value is -1.38. The molecule has 1 aliphatic carbocycles. The topological polar surface area (TPSA) is 105 Å². The lowest BCUT2D eigenvalue weighted by Gasteiger charge is -2.39. The van der Waals surface area contributed by atoms with Crippen molar-refractivity contribution in [3.8, 4) is 0 Å². The van der Waals surface area contributed by atoms with Crippen LogP contribution in [0.2, 0.25) is 0 Å². The largest absolute Gasteiger partial charge is 0.391 e. The van der Waals surface area contributed by atoms with Crippen molar-refractivity contribution in [1.29, 1.82) is 0 Å². The van der Waals surface area contributed by atoms with Gasteiger partial charge >= 0.3 is 0 Å². The van der Waals surface area contributed by atoms with Crippen LogP contribution in [0.5, 0.6) is 0 Å². The Morgan fingerprint density at radius 2 is 2.00 bits per heavy atom. The lowest BCUT2D eigenvalue weighted by Crippen LogP contribution is -2.57. The number of aliphatic hydroxyl groups is 1. The predicted molar refractivity (Wildman–Crippen MR) is 115 cm³/mol. The van der Waals surface area contributed by atoms with Crippen LogP contribution in [0.3, 0.4) is 0 Å². The standard InChI is InChI=1S/C21H29Cl2N3O4/c1-26-20(29)21(26,12-13-7-3-2-4-8-13)25-19(28)14-11-15(22)18(16(23)17(14)27)30-10-6-5-9-24/h2-4,7-8,14-18,27H,5-6,9-12,24H2,1H3,(H,25,28)/t14?,15?,16?,17?,18?,21-,26?/m0/s1. The van der Waals surface area contributed by atoms with E-state index in [-0.39, 0.29) is 12.3 Å². The summed E-state index contributed by atoms with van der Waals surface area (Å²) in [5.74, 6) is -1.43. The predicted octanol–water partition coefficient (Wildman–Crippen LogP) is 1.23. The first-order valence-electron chi connectivity index (χ1n) is 10.2. The third-order valence-electron chi connectivity index (χ3n) is 5.95. The highest BCUT2D eigenvalue weighted by Crippen LogP contribution is 2.37. The minimum atomic E-state index is -1.13. The van der Waals surface area contributed by atoms with Gasteiger partial charge in [0.15, 0.2) is 5.66 Å². The van der Waals surface area contributed by atoms with Gasteiger partial charge in [-0.25, -0.2) is 0 Å². The number of unbranched alkanes of at least 4 members (excludes halogenated alkanes) is 1. The summed E-state index contributed by atoms with van der Waals surface area (Å²) in [6, 6.07) is 9.46. The Morgan fingerprint density at radius 1 is 1.33 bits per heavy atom. The molecule has 1 aromatic carbocycles. The van der Waals surface area contributed by atoms with E-state index >= 15 is 0 Å². The van der Waals surface area contributed by atoms with E-state index in [2.05, 4.69) is 5.32 Å². The summed E-state index contributed by atoms with van der Waals surface area (Å²) in [4.78, 5) is 26.9. The van der Waals surface area contributed by atoms with Gasteiger partial charge in [0.1, 0.15) is 0 Å². The van der Waals surface area contributed by atoms with E-state index in [4.69, 9.17) is 33.7 Å². The molecule has 0 bridgehead atoms. The van der Waals surface area contributed by atoms with Gasteiger partial charge in [-0.1, -0.05) is 30.3 Å². The molecule has 1 saturated carbocycles. The highest BCUT2D eigenvalue weighted by atomic mass is 35.5. The molecule has 166 valence electrons. The summed E-state index contributed by atoms with van der Waals surface area (Å²) in [5, 5.41) is 12.2. The van der Waals surface area contributed by atoms with E-state index < -0.39 is 40.5 Å². The molecule has 5 unspecified atom stereocenters. The van der Waals surface area contributed by atoms with Crippen molar-refractivity contribution < 1.29 is 19.4 Å². The summed E-state index contributed by atoms with van der Waals surface area (Å²) in [6.07, 6.45) is 0.461. The Labute approximate surface area is 186 Å². The monoisotopic (exact) mass is 457 g/mol. The van der Waals surface area contributed by atoms with Crippen LogP contribution in [-0.4, -0.2) is 70.6 Å². The Morgan fingerprint density at radius 3 is 2.60 bits per heavy atom. The van der Waals surface area contributed by atoms with Gasteiger partial charge in [0.05, 0.1) is 28.9 Å². The van der Waals surface area contributed by atoms with Crippen molar-refractivity contribution in [2.45, 2.75) is 54.3 Å². The first-order valence-corrected chi connectivity index (χ1v) is 11.1. The fourth-order valence-electron chi connectivity index (χ4n) is 4.00. The molecule has 0 radical (unpaired) electrons. The Bertz CT molecular complexity index is 753. The van der Waals surface area contributed by atoms with Crippen molar-refractivity contribution >= 4 is 35.0 Å².